The number of para-hydroxylation sites is 1. The van der Waals surface area contributed by atoms with E-state index in [1.165, 1.54) is 11.3 Å². The van der Waals surface area contributed by atoms with Crippen LogP contribution in [0.5, 0.6) is 0 Å². The van der Waals surface area contributed by atoms with E-state index in [-0.39, 0.29) is 5.92 Å². The van der Waals surface area contributed by atoms with E-state index in [0.717, 1.165) is 49.5 Å². The zero-order valence-electron chi connectivity index (χ0n) is 13.3. The Balaban J connectivity index is 1.57. The van der Waals surface area contributed by atoms with Crippen molar-refractivity contribution in [3.05, 3.63) is 47.4 Å². The minimum Gasteiger partial charge on any atom is -0.381 e. The fourth-order valence-corrected chi connectivity index (χ4v) is 3.63. The van der Waals surface area contributed by atoms with Crippen molar-refractivity contribution in [1.82, 2.24) is 19.9 Å². The summed E-state index contributed by atoms with van der Waals surface area (Å²) in [5.41, 5.74) is 4.42. The van der Waals surface area contributed by atoms with Crippen LogP contribution in [0.4, 0.5) is 0 Å². The van der Waals surface area contributed by atoms with Crippen LogP contribution in [-0.2, 0) is 17.6 Å². The molecule has 1 atom stereocenters. The van der Waals surface area contributed by atoms with Gasteiger partial charge in [-0.2, -0.15) is 10.1 Å². The van der Waals surface area contributed by atoms with Gasteiger partial charge in [-0.1, -0.05) is 23.4 Å². The second-order valence-corrected chi connectivity index (χ2v) is 6.39. The molecule has 122 valence electrons. The molecule has 24 heavy (non-hydrogen) atoms. The zero-order chi connectivity index (χ0) is 15.9. The Morgan fingerprint density at radius 2 is 2.04 bits per heavy atom. The largest absolute Gasteiger partial charge is 0.381 e. The quantitative estimate of drug-likeness (QED) is 0.742. The van der Waals surface area contributed by atoms with Crippen LogP contribution in [0.3, 0.4) is 0 Å². The standard InChI is InChI=1S/C18H18N4O2/c1-2-5-13(6-3-1)22-15-8-4-7-14(15)16(20-22)18-19-17(21-24-18)12-9-10-23-11-12/h1-3,5-6,12H,4,7-11H2. The Kier molecular flexibility index (Phi) is 3.23. The van der Waals surface area contributed by atoms with Gasteiger partial charge in [-0.3, -0.25) is 0 Å². The molecule has 1 aromatic carbocycles. The van der Waals surface area contributed by atoms with E-state index in [0.29, 0.717) is 12.5 Å². The number of ether oxygens (including phenoxy) is 1. The third kappa shape index (κ3) is 2.17. The first-order valence-electron chi connectivity index (χ1n) is 8.48. The fraction of sp³-hybridized carbons (Fsp3) is 0.389. The average molecular weight is 322 g/mol. The number of rotatable bonds is 3. The lowest BCUT2D eigenvalue weighted by Gasteiger charge is -2.04. The smallest absolute Gasteiger partial charge is 0.278 e. The van der Waals surface area contributed by atoms with E-state index in [1.807, 2.05) is 22.9 Å². The number of fused-ring (bicyclic) bond motifs is 1. The molecule has 0 amide bonds. The highest BCUT2D eigenvalue weighted by atomic mass is 16.5. The van der Waals surface area contributed by atoms with Crippen molar-refractivity contribution in [2.24, 2.45) is 0 Å². The van der Waals surface area contributed by atoms with Crippen molar-refractivity contribution in [3.63, 3.8) is 0 Å². The minimum absolute atomic E-state index is 0.242. The topological polar surface area (TPSA) is 66.0 Å². The van der Waals surface area contributed by atoms with E-state index in [4.69, 9.17) is 14.4 Å². The van der Waals surface area contributed by atoms with Crippen LogP contribution < -0.4 is 0 Å². The maximum absolute atomic E-state index is 5.55. The zero-order valence-corrected chi connectivity index (χ0v) is 13.3. The maximum atomic E-state index is 5.55. The maximum Gasteiger partial charge on any atom is 0.278 e. The van der Waals surface area contributed by atoms with Crippen LogP contribution in [0, 0.1) is 0 Å². The monoisotopic (exact) mass is 322 g/mol. The second-order valence-electron chi connectivity index (χ2n) is 6.39. The van der Waals surface area contributed by atoms with Gasteiger partial charge in [0.25, 0.3) is 5.89 Å². The predicted octanol–water partition coefficient (Wildman–Crippen LogP) is 2.91. The SMILES string of the molecule is c1ccc(-n2nc(-c3nc(C4CCOC4)no3)c3c2CCC3)cc1. The summed E-state index contributed by atoms with van der Waals surface area (Å²) >= 11 is 0. The molecule has 0 N–H and O–H groups in total. The Hall–Kier alpha value is -2.47. The highest BCUT2D eigenvalue weighted by Gasteiger charge is 2.29. The summed E-state index contributed by atoms with van der Waals surface area (Å²) in [4.78, 5) is 4.61. The van der Waals surface area contributed by atoms with Crippen molar-refractivity contribution in [2.45, 2.75) is 31.6 Å². The molecular weight excluding hydrogens is 304 g/mol. The molecule has 1 fully saturated rings. The first-order valence-corrected chi connectivity index (χ1v) is 8.48. The molecule has 2 aliphatic rings. The molecule has 6 nitrogen and oxygen atoms in total. The van der Waals surface area contributed by atoms with E-state index in [9.17, 15) is 0 Å². The highest BCUT2D eigenvalue weighted by Crippen LogP contribution is 2.34. The molecule has 1 unspecified atom stereocenters. The molecule has 0 radical (unpaired) electrons. The Labute approximate surface area is 139 Å². The van der Waals surface area contributed by atoms with Gasteiger partial charge in [-0.05, 0) is 37.8 Å². The lowest BCUT2D eigenvalue weighted by molar-refractivity contribution is 0.192. The van der Waals surface area contributed by atoms with E-state index in [2.05, 4.69) is 22.3 Å². The van der Waals surface area contributed by atoms with Gasteiger partial charge in [-0.15, -0.1) is 0 Å². The highest BCUT2D eigenvalue weighted by molar-refractivity contribution is 5.58. The Morgan fingerprint density at radius 3 is 2.88 bits per heavy atom. The Bertz CT molecular complexity index is 863. The third-order valence-corrected chi connectivity index (χ3v) is 4.87. The second kappa shape index (κ2) is 5.56. The third-order valence-electron chi connectivity index (χ3n) is 4.87. The van der Waals surface area contributed by atoms with Crippen LogP contribution in [0.15, 0.2) is 34.9 Å². The first-order chi connectivity index (χ1) is 11.9. The van der Waals surface area contributed by atoms with Crippen molar-refractivity contribution in [2.75, 3.05) is 13.2 Å². The summed E-state index contributed by atoms with van der Waals surface area (Å²) in [5, 5.41) is 8.97. The van der Waals surface area contributed by atoms with Gasteiger partial charge in [0.05, 0.1) is 12.3 Å². The van der Waals surface area contributed by atoms with Crippen LogP contribution in [0.2, 0.25) is 0 Å². The molecule has 0 spiro atoms. The summed E-state index contributed by atoms with van der Waals surface area (Å²) in [6.07, 6.45) is 4.15. The molecule has 5 rings (SSSR count). The Morgan fingerprint density at radius 1 is 1.12 bits per heavy atom. The van der Waals surface area contributed by atoms with Gasteiger partial charge in [0.15, 0.2) is 11.5 Å². The number of nitrogens with zero attached hydrogens (tertiary/aromatic N) is 4. The van der Waals surface area contributed by atoms with Crippen molar-refractivity contribution >= 4 is 0 Å². The van der Waals surface area contributed by atoms with E-state index >= 15 is 0 Å². The molecule has 6 heteroatoms. The lowest BCUT2D eigenvalue weighted by atomic mass is 10.1. The molecule has 1 aliphatic carbocycles. The van der Waals surface area contributed by atoms with Crippen LogP contribution >= 0.6 is 0 Å². The summed E-state index contributed by atoms with van der Waals surface area (Å²) < 4.78 is 13.0. The first kappa shape index (κ1) is 13.9. The fourth-order valence-electron chi connectivity index (χ4n) is 3.63. The number of benzene rings is 1. The molecule has 2 aromatic heterocycles. The number of aromatic nitrogens is 4. The average Bonchev–Trinajstić information content (AvgIpc) is 3.37. The van der Waals surface area contributed by atoms with E-state index < -0.39 is 0 Å². The summed E-state index contributed by atoms with van der Waals surface area (Å²) in [6.45, 7) is 1.45. The van der Waals surface area contributed by atoms with Gasteiger partial charge in [-0.25, -0.2) is 4.68 Å². The van der Waals surface area contributed by atoms with Gasteiger partial charge in [0.2, 0.25) is 0 Å². The normalized spacial score (nSPS) is 19.8. The molecule has 0 bridgehead atoms. The van der Waals surface area contributed by atoms with Crippen molar-refractivity contribution in [3.8, 4) is 17.3 Å². The minimum atomic E-state index is 0.242. The number of hydrogen-bond acceptors (Lipinski definition) is 5. The molecule has 3 heterocycles. The molecule has 1 saturated heterocycles. The molecule has 3 aromatic rings. The van der Waals surface area contributed by atoms with Crippen LogP contribution in [0.25, 0.3) is 17.3 Å². The van der Waals surface area contributed by atoms with E-state index in [1.54, 1.807) is 0 Å². The molecule has 1 aliphatic heterocycles. The van der Waals surface area contributed by atoms with Crippen LogP contribution in [0.1, 0.15) is 35.8 Å². The van der Waals surface area contributed by atoms with Crippen LogP contribution in [-0.4, -0.2) is 33.1 Å². The van der Waals surface area contributed by atoms with Gasteiger partial charge in [0.1, 0.15) is 0 Å². The predicted molar refractivity (Wildman–Crippen MR) is 87.1 cm³/mol. The summed E-state index contributed by atoms with van der Waals surface area (Å²) in [7, 11) is 0. The molecular formula is C18H18N4O2. The molecule has 0 saturated carbocycles. The lowest BCUT2D eigenvalue weighted by Crippen LogP contribution is -2.01. The van der Waals surface area contributed by atoms with Crippen molar-refractivity contribution in [1.29, 1.82) is 0 Å². The summed E-state index contributed by atoms with van der Waals surface area (Å²) in [6, 6.07) is 10.2. The van der Waals surface area contributed by atoms with Gasteiger partial charge < -0.3 is 9.26 Å². The van der Waals surface area contributed by atoms with Gasteiger partial charge >= 0.3 is 0 Å². The van der Waals surface area contributed by atoms with Crippen molar-refractivity contribution < 1.29 is 9.26 Å². The number of hydrogen-bond donors (Lipinski definition) is 0. The summed E-state index contributed by atoms with van der Waals surface area (Å²) in [5.74, 6) is 1.51. The van der Waals surface area contributed by atoms with Gasteiger partial charge in [0, 0.05) is 23.8 Å².